The van der Waals surface area contributed by atoms with E-state index < -0.39 is 0 Å². The first-order valence-electron chi connectivity index (χ1n) is 4.42. The van der Waals surface area contributed by atoms with Gasteiger partial charge in [0, 0.05) is 0 Å². The average Bonchev–Trinajstić information content (AvgIpc) is 2.72. The topological polar surface area (TPSA) is 74.2 Å². The van der Waals surface area contributed by atoms with Gasteiger partial charge in [0.15, 0.2) is 5.82 Å². The molecule has 0 aliphatic heterocycles. The number of methoxy groups -OCH3 is 1. The monoisotopic (exact) mass is 183 g/mol. The molecular formula is C8H13N3O2. The molecule has 5 nitrogen and oxygen atoms in total. The summed E-state index contributed by atoms with van der Waals surface area (Å²) >= 11 is 0. The van der Waals surface area contributed by atoms with Gasteiger partial charge < -0.3 is 10.5 Å². The molecular weight excluding hydrogens is 170 g/mol. The van der Waals surface area contributed by atoms with Crippen LogP contribution in [0.5, 0.6) is 6.08 Å². The fraction of sp³-hybridized carbons (Fsp3) is 0.750. The summed E-state index contributed by atoms with van der Waals surface area (Å²) in [5.74, 6) is 0.571. The SMILES string of the molecule is COc1nc(C2(N)CCCC2)no1. The Morgan fingerprint density at radius 1 is 1.46 bits per heavy atom. The number of hydrogen-bond acceptors (Lipinski definition) is 5. The van der Waals surface area contributed by atoms with Crippen molar-refractivity contribution in [2.75, 3.05) is 7.11 Å². The highest BCUT2D eigenvalue weighted by atomic mass is 16.6. The lowest BCUT2D eigenvalue weighted by atomic mass is 9.99. The first-order valence-corrected chi connectivity index (χ1v) is 4.42. The summed E-state index contributed by atoms with van der Waals surface area (Å²) in [6, 6.07) is 0. The molecule has 0 spiro atoms. The molecule has 2 N–H and O–H groups in total. The van der Waals surface area contributed by atoms with Crippen LogP contribution < -0.4 is 10.5 Å². The third kappa shape index (κ3) is 1.39. The van der Waals surface area contributed by atoms with Crippen LogP contribution in [0.15, 0.2) is 4.52 Å². The lowest BCUT2D eigenvalue weighted by Crippen LogP contribution is -2.34. The molecule has 1 aliphatic rings. The van der Waals surface area contributed by atoms with Gasteiger partial charge in [-0.15, -0.1) is 0 Å². The number of nitrogens with two attached hydrogens (primary N) is 1. The molecule has 2 rings (SSSR count). The van der Waals surface area contributed by atoms with E-state index in [4.69, 9.17) is 15.0 Å². The standard InChI is InChI=1S/C8H13N3O2/c1-12-7-10-6(11-13-7)8(9)4-2-3-5-8/h2-5,9H2,1H3. The summed E-state index contributed by atoms with van der Waals surface area (Å²) in [7, 11) is 1.50. The van der Waals surface area contributed by atoms with Gasteiger partial charge >= 0.3 is 6.08 Å². The fourth-order valence-electron chi connectivity index (χ4n) is 1.72. The third-order valence-electron chi connectivity index (χ3n) is 2.52. The molecule has 0 amide bonds. The van der Waals surface area contributed by atoms with E-state index in [0.717, 1.165) is 25.7 Å². The van der Waals surface area contributed by atoms with Crippen LogP contribution in [0.2, 0.25) is 0 Å². The molecule has 5 heteroatoms. The molecule has 1 fully saturated rings. The van der Waals surface area contributed by atoms with Gasteiger partial charge in [-0.05, 0) is 12.8 Å². The Labute approximate surface area is 76.3 Å². The summed E-state index contributed by atoms with van der Waals surface area (Å²) in [6.07, 6.45) is 4.30. The molecule has 0 atom stereocenters. The summed E-state index contributed by atoms with van der Waals surface area (Å²) in [4.78, 5) is 4.06. The number of nitrogens with zero attached hydrogens (tertiary/aromatic N) is 2. The Morgan fingerprint density at radius 2 is 2.15 bits per heavy atom. The van der Waals surface area contributed by atoms with E-state index in [2.05, 4.69) is 10.1 Å². The number of rotatable bonds is 2. The molecule has 72 valence electrons. The van der Waals surface area contributed by atoms with Gasteiger partial charge in [0.05, 0.1) is 12.6 Å². The Kier molecular flexibility index (Phi) is 1.95. The van der Waals surface area contributed by atoms with Crippen molar-refractivity contribution < 1.29 is 9.26 Å². The lowest BCUT2D eigenvalue weighted by Gasteiger charge is -2.17. The van der Waals surface area contributed by atoms with Crippen LogP contribution >= 0.6 is 0 Å². The van der Waals surface area contributed by atoms with E-state index in [0.29, 0.717) is 5.82 Å². The van der Waals surface area contributed by atoms with Crippen molar-refractivity contribution in [1.82, 2.24) is 10.1 Å². The van der Waals surface area contributed by atoms with Crippen molar-refractivity contribution in [2.45, 2.75) is 31.2 Å². The molecule has 1 aromatic rings. The van der Waals surface area contributed by atoms with E-state index in [-0.39, 0.29) is 11.6 Å². The molecule has 0 aromatic carbocycles. The molecule has 1 saturated carbocycles. The van der Waals surface area contributed by atoms with Gasteiger partial charge in [-0.25, -0.2) is 0 Å². The lowest BCUT2D eigenvalue weighted by molar-refractivity contribution is 0.248. The molecule has 1 aromatic heterocycles. The second-order valence-corrected chi connectivity index (χ2v) is 3.45. The van der Waals surface area contributed by atoms with Crippen molar-refractivity contribution in [3.8, 4) is 6.08 Å². The Hall–Kier alpha value is -1.10. The van der Waals surface area contributed by atoms with E-state index in [9.17, 15) is 0 Å². The first kappa shape index (κ1) is 8.50. The maximum atomic E-state index is 6.11. The van der Waals surface area contributed by atoms with Gasteiger partial charge in [0.25, 0.3) is 0 Å². The predicted molar refractivity (Wildman–Crippen MR) is 45.2 cm³/mol. The van der Waals surface area contributed by atoms with Crippen LogP contribution in [-0.4, -0.2) is 17.3 Å². The molecule has 0 unspecified atom stereocenters. The number of ether oxygens (including phenoxy) is 1. The fourth-order valence-corrected chi connectivity index (χ4v) is 1.72. The zero-order chi connectivity index (χ0) is 9.31. The van der Waals surface area contributed by atoms with Crippen molar-refractivity contribution >= 4 is 0 Å². The van der Waals surface area contributed by atoms with Crippen LogP contribution in [-0.2, 0) is 5.54 Å². The van der Waals surface area contributed by atoms with E-state index in [1.54, 1.807) is 0 Å². The van der Waals surface area contributed by atoms with Crippen LogP contribution in [0.1, 0.15) is 31.5 Å². The van der Waals surface area contributed by atoms with E-state index >= 15 is 0 Å². The molecule has 1 aliphatic carbocycles. The van der Waals surface area contributed by atoms with Crippen molar-refractivity contribution in [2.24, 2.45) is 5.73 Å². The summed E-state index contributed by atoms with van der Waals surface area (Å²) < 4.78 is 9.63. The van der Waals surface area contributed by atoms with Gasteiger partial charge in [-0.2, -0.15) is 4.98 Å². The van der Waals surface area contributed by atoms with Crippen LogP contribution in [0.4, 0.5) is 0 Å². The van der Waals surface area contributed by atoms with Crippen LogP contribution in [0.3, 0.4) is 0 Å². The third-order valence-corrected chi connectivity index (χ3v) is 2.52. The van der Waals surface area contributed by atoms with Crippen LogP contribution in [0, 0.1) is 0 Å². The number of aromatic nitrogens is 2. The largest absolute Gasteiger partial charge is 0.452 e. The highest BCUT2D eigenvalue weighted by Crippen LogP contribution is 2.34. The normalized spacial score (nSPS) is 20.5. The van der Waals surface area contributed by atoms with Crippen molar-refractivity contribution in [3.05, 3.63) is 5.82 Å². The number of hydrogen-bond donors (Lipinski definition) is 1. The van der Waals surface area contributed by atoms with E-state index in [1.807, 2.05) is 0 Å². The Morgan fingerprint density at radius 3 is 2.69 bits per heavy atom. The maximum absolute atomic E-state index is 6.11. The highest BCUT2D eigenvalue weighted by Gasteiger charge is 2.36. The minimum atomic E-state index is -0.389. The van der Waals surface area contributed by atoms with Gasteiger partial charge in [-0.1, -0.05) is 18.0 Å². The summed E-state index contributed by atoms with van der Waals surface area (Å²) in [5.41, 5.74) is 5.72. The van der Waals surface area contributed by atoms with Gasteiger partial charge in [0.1, 0.15) is 0 Å². The summed E-state index contributed by atoms with van der Waals surface area (Å²) in [5, 5.41) is 3.80. The zero-order valence-electron chi connectivity index (χ0n) is 7.62. The first-order chi connectivity index (χ1) is 6.24. The van der Waals surface area contributed by atoms with Gasteiger partial charge in [-0.3, -0.25) is 4.52 Å². The molecule has 1 heterocycles. The molecule has 13 heavy (non-hydrogen) atoms. The van der Waals surface area contributed by atoms with Gasteiger partial charge in [0.2, 0.25) is 0 Å². The highest BCUT2D eigenvalue weighted by molar-refractivity contribution is 5.07. The minimum absolute atomic E-state index is 0.187. The Bertz CT molecular complexity index is 291. The van der Waals surface area contributed by atoms with Crippen LogP contribution in [0.25, 0.3) is 0 Å². The van der Waals surface area contributed by atoms with E-state index in [1.165, 1.54) is 7.11 Å². The zero-order valence-corrected chi connectivity index (χ0v) is 7.62. The molecule has 0 bridgehead atoms. The predicted octanol–water partition coefficient (Wildman–Crippen LogP) is 0.806. The second kappa shape index (κ2) is 2.99. The minimum Gasteiger partial charge on any atom is -0.452 e. The average molecular weight is 183 g/mol. The maximum Gasteiger partial charge on any atom is 0.417 e. The molecule has 0 radical (unpaired) electrons. The van der Waals surface area contributed by atoms with Crippen molar-refractivity contribution in [3.63, 3.8) is 0 Å². The summed E-state index contributed by atoms with van der Waals surface area (Å²) in [6.45, 7) is 0. The molecule has 0 saturated heterocycles. The quantitative estimate of drug-likeness (QED) is 0.734. The Balaban J connectivity index is 2.23. The second-order valence-electron chi connectivity index (χ2n) is 3.45. The smallest absolute Gasteiger partial charge is 0.417 e. The van der Waals surface area contributed by atoms with Crippen molar-refractivity contribution in [1.29, 1.82) is 0 Å².